The predicted octanol–water partition coefficient (Wildman–Crippen LogP) is 5.28. The molecular weight excluding hydrogens is 344 g/mol. The van der Waals surface area contributed by atoms with Gasteiger partial charge >= 0.3 is 5.63 Å². The average Bonchev–Trinajstić information content (AvgIpc) is 2.88. The molecule has 0 aliphatic heterocycles. The summed E-state index contributed by atoms with van der Waals surface area (Å²) in [6, 6.07) is 15.4. The summed E-state index contributed by atoms with van der Waals surface area (Å²) in [5.41, 5.74) is 1.12. The lowest BCUT2D eigenvalue weighted by molar-refractivity contribution is 0.546. The van der Waals surface area contributed by atoms with E-state index in [1.165, 1.54) is 0 Å². The van der Waals surface area contributed by atoms with Gasteiger partial charge in [-0.25, -0.2) is 4.79 Å². The Morgan fingerprint density at radius 1 is 0.955 bits per heavy atom. The molecule has 0 aliphatic rings. The molecule has 0 atom stereocenters. The van der Waals surface area contributed by atoms with E-state index < -0.39 is 0 Å². The first-order valence-corrected chi connectivity index (χ1v) is 7.65. The molecule has 22 heavy (non-hydrogen) atoms. The summed E-state index contributed by atoms with van der Waals surface area (Å²) in [6.07, 6.45) is 0. The van der Waals surface area contributed by atoms with Gasteiger partial charge in [0.2, 0.25) is 0 Å². The van der Waals surface area contributed by atoms with Crippen LogP contribution >= 0.6 is 15.9 Å². The molecular formula is C18H11BrO3. The van der Waals surface area contributed by atoms with Crippen LogP contribution in [0.3, 0.4) is 0 Å². The third-order valence-electron chi connectivity index (χ3n) is 3.74. The Bertz CT molecular complexity index is 1060. The van der Waals surface area contributed by atoms with E-state index in [9.17, 15) is 4.79 Å². The number of fused-ring (bicyclic) bond motifs is 3. The zero-order valence-corrected chi connectivity index (χ0v) is 13.3. The van der Waals surface area contributed by atoms with Crippen LogP contribution in [0.5, 0.6) is 0 Å². The highest BCUT2D eigenvalue weighted by molar-refractivity contribution is 9.10. The van der Waals surface area contributed by atoms with Crippen molar-refractivity contribution in [2.24, 2.45) is 0 Å². The Labute approximate surface area is 134 Å². The van der Waals surface area contributed by atoms with E-state index in [1.807, 2.05) is 42.5 Å². The number of benzene rings is 2. The first-order chi connectivity index (χ1) is 10.6. The molecule has 0 unspecified atom stereocenters. The SMILES string of the molecule is Cc1oc(-c2ccccc2)c2c1c(=O)oc1ccc(Br)cc12. The molecule has 0 amide bonds. The minimum Gasteiger partial charge on any atom is -0.460 e. The summed E-state index contributed by atoms with van der Waals surface area (Å²) >= 11 is 3.47. The fourth-order valence-corrected chi connectivity index (χ4v) is 3.14. The Morgan fingerprint density at radius 3 is 2.50 bits per heavy atom. The van der Waals surface area contributed by atoms with Crippen molar-refractivity contribution in [2.45, 2.75) is 6.92 Å². The summed E-state index contributed by atoms with van der Waals surface area (Å²) in [6.45, 7) is 1.79. The highest BCUT2D eigenvalue weighted by atomic mass is 79.9. The zero-order valence-electron chi connectivity index (χ0n) is 11.7. The van der Waals surface area contributed by atoms with Gasteiger partial charge < -0.3 is 8.83 Å². The lowest BCUT2D eigenvalue weighted by Crippen LogP contribution is -1.99. The third kappa shape index (κ3) is 1.91. The quantitative estimate of drug-likeness (QED) is 0.437. The van der Waals surface area contributed by atoms with Crippen molar-refractivity contribution in [3.8, 4) is 11.3 Å². The molecule has 2 aromatic carbocycles. The molecule has 0 N–H and O–H groups in total. The molecule has 3 nitrogen and oxygen atoms in total. The molecule has 0 spiro atoms. The molecule has 4 aromatic rings. The molecule has 0 radical (unpaired) electrons. The van der Waals surface area contributed by atoms with Crippen LogP contribution in [0.1, 0.15) is 5.76 Å². The van der Waals surface area contributed by atoms with Gasteiger partial charge in [0.15, 0.2) is 0 Å². The van der Waals surface area contributed by atoms with E-state index >= 15 is 0 Å². The first kappa shape index (κ1) is 13.3. The maximum absolute atomic E-state index is 12.3. The van der Waals surface area contributed by atoms with Crippen LogP contribution < -0.4 is 5.63 Å². The van der Waals surface area contributed by atoms with Gasteiger partial charge in [-0.3, -0.25) is 0 Å². The van der Waals surface area contributed by atoms with E-state index in [0.717, 1.165) is 20.8 Å². The van der Waals surface area contributed by atoms with E-state index in [-0.39, 0.29) is 5.63 Å². The number of halogens is 1. The molecule has 0 bridgehead atoms. The second-order valence-electron chi connectivity index (χ2n) is 5.13. The van der Waals surface area contributed by atoms with E-state index in [0.29, 0.717) is 22.5 Å². The predicted molar refractivity (Wildman–Crippen MR) is 90.1 cm³/mol. The monoisotopic (exact) mass is 354 g/mol. The lowest BCUT2D eigenvalue weighted by Gasteiger charge is -2.02. The normalized spacial score (nSPS) is 11.4. The zero-order chi connectivity index (χ0) is 15.3. The van der Waals surface area contributed by atoms with Gasteiger partial charge in [-0.15, -0.1) is 0 Å². The van der Waals surface area contributed by atoms with Crippen molar-refractivity contribution < 1.29 is 8.83 Å². The van der Waals surface area contributed by atoms with E-state index in [1.54, 1.807) is 13.0 Å². The third-order valence-corrected chi connectivity index (χ3v) is 4.23. The highest BCUT2D eigenvalue weighted by Gasteiger charge is 2.19. The minimum absolute atomic E-state index is 0.367. The Balaban J connectivity index is 2.26. The maximum Gasteiger partial charge on any atom is 0.347 e. The standard InChI is InChI=1S/C18H11BrO3/c1-10-15-16(17(21-10)11-5-3-2-4-6-11)13-9-12(19)7-8-14(13)22-18(15)20/h2-9H,1H3. The van der Waals surface area contributed by atoms with E-state index in [4.69, 9.17) is 8.83 Å². The summed E-state index contributed by atoms with van der Waals surface area (Å²) < 4.78 is 12.3. The molecule has 0 aliphatic carbocycles. The Hall–Kier alpha value is -2.33. The summed E-state index contributed by atoms with van der Waals surface area (Å²) in [5, 5.41) is 2.17. The molecule has 4 rings (SSSR count). The van der Waals surface area contributed by atoms with Crippen LogP contribution in [0, 0.1) is 6.92 Å². The molecule has 0 fully saturated rings. The topological polar surface area (TPSA) is 43.4 Å². The van der Waals surface area contributed by atoms with Crippen LogP contribution in [0.4, 0.5) is 0 Å². The second kappa shape index (κ2) is 4.85. The van der Waals surface area contributed by atoms with E-state index in [2.05, 4.69) is 15.9 Å². The van der Waals surface area contributed by atoms with Crippen molar-refractivity contribution >= 4 is 37.7 Å². The van der Waals surface area contributed by atoms with Gasteiger partial charge in [0.1, 0.15) is 22.5 Å². The van der Waals surface area contributed by atoms with Crippen molar-refractivity contribution in [2.75, 3.05) is 0 Å². The Kier molecular flexibility index (Phi) is 2.94. The summed E-state index contributed by atoms with van der Waals surface area (Å²) in [4.78, 5) is 12.3. The second-order valence-corrected chi connectivity index (χ2v) is 6.05. The lowest BCUT2D eigenvalue weighted by atomic mass is 10.0. The highest BCUT2D eigenvalue weighted by Crippen LogP contribution is 2.37. The van der Waals surface area contributed by atoms with Gasteiger partial charge in [-0.05, 0) is 25.1 Å². The van der Waals surface area contributed by atoms with Crippen molar-refractivity contribution in [3.05, 3.63) is 69.2 Å². The number of hydrogen-bond acceptors (Lipinski definition) is 3. The van der Waals surface area contributed by atoms with Gasteiger partial charge in [-0.2, -0.15) is 0 Å². The van der Waals surface area contributed by atoms with Gasteiger partial charge in [0.05, 0.1) is 0 Å². The maximum atomic E-state index is 12.3. The fourth-order valence-electron chi connectivity index (χ4n) is 2.78. The summed E-state index contributed by atoms with van der Waals surface area (Å²) in [5.74, 6) is 1.27. The first-order valence-electron chi connectivity index (χ1n) is 6.86. The van der Waals surface area contributed by atoms with Crippen LogP contribution in [-0.2, 0) is 0 Å². The largest absolute Gasteiger partial charge is 0.460 e. The molecule has 2 heterocycles. The van der Waals surface area contributed by atoms with Crippen LogP contribution in [0.25, 0.3) is 33.1 Å². The molecule has 4 heteroatoms. The van der Waals surface area contributed by atoms with Gasteiger partial charge in [-0.1, -0.05) is 46.3 Å². The van der Waals surface area contributed by atoms with Crippen molar-refractivity contribution in [1.29, 1.82) is 0 Å². The number of furan rings is 1. The van der Waals surface area contributed by atoms with Crippen molar-refractivity contribution in [3.63, 3.8) is 0 Å². The number of rotatable bonds is 1. The van der Waals surface area contributed by atoms with Crippen LogP contribution in [-0.4, -0.2) is 0 Å². The van der Waals surface area contributed by atoms with Gasteiger partial charge in [0, 0.05) is 20.8 Å². The molecule has 0 saturated heterocycles. The fraction of sp³-hybridized carbons (Fsp3) is 0.0556. The molecule has 2 aromatic heterocycles. The minimum atomic E-state index is -0.367. The van der Waals surface area contributed by atoms with Gasteiger partial charge in [0.25, 0.3) is 0 Å². The summed E-state index contributed by atoms with van der Waals surface area (Å²) in [7, 11) is 0. The van der Waals surface area contributed by atoms with Crippen LogP contribution in [0.15, 0.2) is 66.6 Å². The molecule has 0 saturated carbocycles. The van der Waals surface area contributed by atoms with Crippen molar-refractivity contribution in [1.82, 2.24) is 0 Å². The smallest absolute Gasteiger partial charge is 0.347 e. The average molecular weight is 355 g/mol. The Morgan fingerprint density at radius 2 is 1.73 bits per heavy atom. The van der Waals surface area contributed by atoms with Crippen LogP contribution in [0.2, 0.25) is 0 Å². The number of aryl methyl sites for hydroxylation is 1. The molecule has 108 valence electrons. The number of hydrogen-bond donors (Lipinski definition) is 0.